The number of amides is 1. The molecule has 1 aromatic heterocycles. The van der Waals surface area contributed by atoms with Crippen LogP contribution in [0.4, 0.5) is 0 Å². The zero-order valence-electron chi connectivity index (χ0n) is 14.6. The number of halogens is 2. The maximum absolute atomic E-state index is 12.7. The lowest BCUT2D eigenvalue weighted by atomic mass is 10.1. The molecule has 136 valence electrons. The van der Waals surface area contributed by atoms with Gasteiger partial charge in [0, 0.05) is 18.7 Å². The number of aryl methyl sites for hydroxylation is 1. The Morgan fingerprint density at radius 1 is 1.20 bits per heavy atom. The highest BCUT2D eigenvalue weighted by Crippen LogP contribution is 2.22. The highest BCUT2D eigenvalue weighted by molar-refractivity contribution is 5.95. The van der Waals surface area contributed by atoms with Gasteiger partial charge in [0.15, 0.2) is 0 Å². The summed E-state index contributed by atoms with van der Waals surface area (Å²) in [6.07, 6.45) is 1.07. The Kier molecular flexibility index (Phi) is 8.36. The molecule has 25 heavy (non-hydrogen) atoms. The SMILES string of the molecule is CNCC1CCN(C(=O)c2ccc(-c3ccccc3)nc2C)C1.Cl.Cl. The van der Waals surface area contributed by atoms with Crippen LogP contribution in [0, 0.1) is 12.8 Å². The fraction of sp³-hybridized carbons (Fsp3) is 0.368. The van der Waals surface area contributed by atoms with E-state index in [0.29, 0.717) is 5.92 Å². The second-order valence-electron chi connectivity index (χ2n) is 6.16. The van der Waals surface area contributed by atoms with E-state index >= 15 is 0 Å². The van der Waals surface area contributed by atoms with Crippen LogP contribution >= 0.6 is 24.8 Å². The normalized spacial score (nSPS) is 16.1. The molecule has 1 N–H and O–H groups in total. The van der Waals surface area contributed by atoms with Crippen LogP contribution in [0.1, 0.15) is 22.5 Å². The summed E-state index contributed by atoms with van der Waals surface area (Å²) in [4.78, 5) is 19.3. The highest BCUT2D eigenvalue weighted by Gasteiger charge is 2.27. The minimum absolute atomic E-state index is 0. The monoisotopic (exact) mass is 381 g/mol. The quantitative estimate of drug-likeness (QED) is 0.879. The molecule has 1 fully saturated rings. The molecule has 0 saturated carbocycles. The van der Waals surface area contributed by atoms with E-state index in [9.17, 15) is 4.79 Å². The number of aromatic nitrogens is 1. The summed E-state index contributed by atoms with van der Waals surface area (Å²) in [6, 6.07) is 13.9. The Hall–Kier alpha value is -1.62. The summed E-state index contributed by atoms with van der Waals surface area (Å²) in [7, 11) is 1.96. The Morgan fingerprint density at radius 3 is 2.56 bits per heavy atom. The molecule has 1 aliphatic heterocycles. The Bertz CT molecular complexity index is 694. The lowest BCUT2D eigenvalue weighted by Gasteiger charge is -2.18. The number of benzene rings is 1. The molecule has 4 nitrogen and oxygen atoms in total. The molecule has 0 radical (unpaired) electrons. The fourth-order valence-electron chi connectivity index (χ4n) is 3.20. The van der Waals surface area contributed by atoms with Gasteiger partial charge in [0.2, 0.25) is 0 Å². The van der Waals surface area contributed by atoms with Gasteiger partial charge >= 0.3 is 0 Å². The van der Waals surface area contributed by atoms with E-state index in [4.69, 9.17) is 0 Å². The fourth-order valence-corrected chi connectivity index (χ4v) is 3.20. The molecule has 1 aliphatic rings. The van der Waals surface area contributed by atoms with Gasteiger partial charge in [-0.15, -0.1) is 24.8 Å². The van der Waals surface area contributed by atoms with Crippen molar-refractivity contribution in [3.8, 4) is 11.3 Å². The van der Waals surface area contributed by atoms with Crippen LogP contribution in [0.2, 0.25) is 0 Å². The Labute approximate surface area is 161 Å². The smallest absolute Gasteiger partial charge is 0.255 e. The maximum Gasteiger partial charge on any atom is 0.255 e. The zero-order valence-corrected chi connectivity index (χ0v) is 16.2. The molecule has 1 amide bonds. The third-order valence-electron chi connectivity index (χ3n) is 4.45. The standard InChI is InChI=1S/C19H23N3O.2ClH/c1-14-17(19(23)22-11-10-15(13-22)12-20-2)8-9-18(21-14)16-6-4-3-5-7-16;;/h3-9,15,20H,10-13H2,1-2H3;2*1H. The molecule has 0 spiro atoms. The summed E-state index contributed by atoms with van der Waals surface area (Å²) < 4.78 is 0. The number of hydrogen-bond donors (Lipinski definition) is 1. The summed E-state index contributed by atoms with van der Waals surface area (Å²) in [5.41, 5.74) is 3.50. The van der Waals surface area contributed by atoms with Gasteiger partial charge in [-0.3, -0.25) is 9.78 Å². The van der Waals surface area contributed by atoms with Crippen LogP contribution in [0.5, 0.6) is 0 Å². The van der Waals surface area contributed by atoms with Gasteiger partial charge in [-0.1, -0.05) is 30.3 Å². The van der Waals surface area contributed by atoms with Gasteiger partial charge in [-0.25, -0.2) is 0 Å². The van der Waals surface area contributed by atoms with Crippen LogP contribution in [0.25, 0.3) is 11.3 Å². The van der Waals surface area contributed by atoms with Gasteiger partial charge < -0.3 is 10.2 Å². The molecule has 0 bridgehead atoms. The van der Waals surface area contributed by atoms with Crippen LogP contribution < -0.4 is 5.32 Å². The third kappa shape index (κ3) is 4.94. The van der Waals surface area contributed by atoms with E-state index in [1.807, 2.05) is 61.3 Å². The maximum atomic E-state index is 12.7. The van der Waals surface area contributed by atoms with Crippen molar-refractivity contribution in [2.24, 2.45) is 5.92 Å². The predicted molar refractivity (Wildman–Crippen MR) is 107 cm³/mol. The van der Waals surface area contributed by atoms with Crippen molar-refractivity contribution in [1.82, 2.24) is 15.2 Å². The molecule has 1 aromatic carbocycles. The van der Waals surface area contributed by atoms with Crippen molar-refractivity contribution in [3.63, 3.8) is 0 Å². The number of hydrogen-bond acceptors (Lipinski definition) is 3. The summed E-state index contributed by atoms with van der Waals surface area (Å²) in [5.74, 6) is 0.661. The average molecular weight is 382 g/mol. The van der Waals surface area contributed by atoms with Crippen molar-refractivity contribution >= 4 is 30.7 Å². The first-order valence-corrected chi connectivity index (χ1v) is 8.16. The molecule has 2 aromatic rings. The van der Waals surface area contributed by atoms with Crippen LogP contribution in [0.3, 0.4) is 0 Å². The number of likely N-dealkylation sites (tertiary alicyclic amines) is 1. The first kappa shape index (κ1) is 21.4. The number of rotatable bonds is 4. The van der Waals surface area contributed by atoms with Crippen molar-refractivity contribution < 1.29 is 4.79 Å². The first-order chi connectivity index (χ1) is 11.2. The number of carbonyl (C=O) groups excluding carboxylic acids is 1. The van der Waals surface area contributed by atoms with Crippen molar-refractivity contribution in [2.45, 2.75) is 13.3 Å². The topological polar surface area (TPSA) is 45.2 Å². The minimum atomic E-state index is 0. The van der Waals surface area contributed by atoms with Gasteiger partial charge in [0.25, 0.3) is 5.91 Å². The molecule has 1 atom stereocenters. The minimum Gasteiger partial charge on any atom is -0.338 e. The zero-order chi connectivity index (χ0) is 16.2. The lowest BCUT2D eigenvalue weighted by molar-refractivity contribution is 0.0786. The molecular weight excluding hydrogens is 357 g/mol. The molecule has 1 unspecified atom stereocenters. The average Bonchev–Trinajstić information content (AvgIpc) is 3.04. The van der Waals surface area contributed by atoms with Gasteiger partial charge in [-0.05, 0) is 45.0 Å². The number of carbonyl (C=O) groups is 1. The van der Waals surface area contributed by atoms with E-state index in [0.717, 1.165) is 48.6 Å². The van der Waals surface area contributed by atoms with Crippen LogP contribution in [0.15, 0.2) is 42.5 Å². The lowest BCUT2D eigenvalue weighted by Crippen LogP contribution is -2.31. The number of pyridine rings is 1. The summed E-state index contributed by atoms with van der Waals surface area (Å²) in [5, 5.41) is 3.20. The molecule has 3 rings (SSSR count). The summed E-state index contributed by atoms with van der Waals surface area (Å²) in [6.45, 7) is 4.55. The van der Waals surface area contributed by atoms with Crippen LogP contribution in [-0.4, -0.2) is 42.5 Å². The second kappa shape index (κ2) is 9.76. The molecular formula is C19H25Cl2N3O. The molecule has 1 saturated heterocycles. The molecule has 6 heteroatoms. The number of nitrogens with zero attached hydrogens (tertiary/aromatic N) is 2. The van der Waals surface area contributed by atoms with Gasteiger partial charge in [-0.2, -0.15) is 0 Å². The third-order valence-corrected chi connectivity index (χ3v) is 4.45. The van der Waals surface area contributed by atoms with E-state index in [2.05, 4.69) is 10.3 Å². The summed E-state index contributed by atoms with van der Waals surface area (Å²) >= 11 is 0. The van der Waals surface area contributed by atoms with E-state index in [-0.39, 0.29) is 30.7 Å². The Morgan fingerprint density at radius 2 is 1.92 bits per heavy atom. The largest absolute Gasteiger partial charge is 0.338 e. The van der Waals surface area contributed by atoms with Gasteiger partial charge in [0.05, 0.1) is 17.0 Å². The predicted octanol–water partition coefficient (Wildman–Crippen LogP) is 3.58. The van der Waals surface area contributed by atoms with Crippen molar-refractivity contribution in [3.05, 3.63) is 53.7 Å². The van der Waals surface area contributed by atoms with Crippen molar-refractivity contribution in [2.75, 3.05) is 26.7 Å². The van der Waals surface area contributed by atoms with E-state index in [1.165, 1.54) is 0 Å². The number of nitrogens with one attached hydrogen (secondary N) is 1. The molecule has 2 heterocycles. The van der Waals surface area contributed by atoms with Crippen molar-refractivity contribution in [1.29, 1.82) is 0 Å². The molecule has 0 aliphatic carbocycles. The first-order valence-electron chi connectivity index (χ1n) is 8.16. The van der Waals surface area contributed by atoms with E-state index < -0.39 is 0 Å². The van der Waals surface area contributed by atoms with E-state index in [1.54, 1.807) is 0 Å². The Balaban J connectivity index is 0.00000156. The van der Waals surface area contributed by atoms with Crippen LogP contribution in [-0.2, 0) is 0 Å². The highest BCUT2D eigenvalue weighted by atomic mass is 35.5. The van der Waals surface area contributed by atoms with Gasteiger partial charge in [0.1, 0.15) is 0 Å². The second-order valence-corrected chi connectivity index (χ2v) is 6.16.